The maximum atomic E-state index is 13.1. The molecule has 2 heterocycles. The van der Waals surface area contributed by atoms with E-state index >= 15 is 0 Å². The van der Waals surface area contributed by atoms with Crippen LogP contribution in [-0.2, 0) is 36.4 Å². The Morgan fingerprint density at radius 2 is 1.42 bits per heavy atom. The number of halogens is 6. The first-order valence-electron chi connectivity index (χ1n) is 12.0. The molecule has 38 heavy (non-hydrogen) atoms. The molecule has 0 bridgehead atoms. The van der Waals surface area contributed by atoms with E-state index in [1.165, 1.54) is 6.33 Å². The van der Waals surface area contributed by atoms with Crippen LogP contribution >= 0.6 is 0 Å². The van der Waals surface area contributed by atoms with Crippen LogP contribution in [-0.4, -0.2) is 53.9 Å². The Labute approximate surface area is 216 Å². The highest BCUT2D eigenvalue weighted by Crippen LogP contribution is 2.36. The predicted molar refractivity (Wildman–Crippen MR) is 130 cm³/mol. The van der Waals surface area contributed by atoms with Crippen molar-refractivity contribution >= 4 is 11.5 Å². The van der Waals surface area contributed by atoms with Crippen molar-refractivity contribution < 1.29 is 31.1 Å². The molecule has 0 spiro atoms. The molecule has 0 N–H and O–H groups in total. The number of hydrogen-bond acceptors (Lipinski definition) is 5. The summed E-state index contributed by atoms with van der Waals surface area (Å²) in [5.41, 5.74) is -0.126. The Hall–Kier alpha value is -3.47. The number of likely N-dealkylation sites (N-methyl/N-ethyl adjacent to an activating group) is 1. The lowest BCUT2D eigenvalue weighted by molar-refractivity contribution is -0.143. The number of carbonyl (C=O) groups excluding carboxylic acids is 1. The number of carbonyl (C=O) groups is 1. The number of piperazine rings is 1. The highest BCUT2D eigenvalue weighted by atomic mass is 19.4. The minimum atomic E-state index is -4.97. The molecule has 0 aliphatic carbocycles. The summed E-state index contributed by atoms with van der Waals surface area (Å²) < 4.78 is 78.7. The van der Waals surface area contributed by atoms with Crippen LogP contribution in [0.5, 0.6) is 0 Å². The van der Waals surface area contributed by atoms with Crippen molar-refractivity contribution in [1.29, 1.82) is 0 Å². The van der Waals surface area contributed by atoms with E-state index in [1.807, 2.05) is 12.1 Å². The van der Waals surface area contributed by atoms with Crippen LogP contribution in [0.2, 0.25) is 0 Å². The molecule has 3 aromatic rings. The van der Waals surface area contributed by atoms with Gasteiger partial charge in [0, 0.05) is 56.8 Å². The smallest absolute Gasteiger partial charge is 0.369 e. The van der Waals surface area contributed by atoms with Gasteiger partial charge in [-0.05, 0) is 54.6 Å². The van der Waals surface area contributed by atoms with Crippen molar-refractivity contribution in [1.82, 2.24) is 14.9 Å². The molecule has 4 rings (SSSR count). The van der Waals surface area contributed by atoms with Crippen LogP contribution in [0, 0.1) is 0 Å². The van der Waals surface area contributed by atoms with Gasteiger partial charge in [-0.2, -0.15) is 26.3 Å². The molecule has 0 unspecified atom stereocenters. The summed E-state index contributed by atoms with van der Waals surface area (Å²) in [6.45, 7) is 3.81. The maximum absolute atomic E-state index is 13.1. The molecule has 1 aromatic heterocycles. The summed E-state index contributed by atoms with van der Waals surface area (Å²) in [7, 11) is 2.09. The number of nitrogens with zero attached hydrogens (tertiary/aromatic N) is 4. The lowest BCUT2D eigenvalue weighted by atomic mass is 9.99. The van der Waals surface area contributed by atoms with Crippen molar-refractivity contribution in [2.75, 3.05) is 38.1 Å². The number of alkyl halides is 6. The molecule has 0 amide bonds. The Morgan fingerprint density at radius 1 is 0.789 bits per heavy atom. The minimum absolute atomic E-state index is 0.0450. The van der Waals surface area contributed by atoms with Crippen LogP contribution < -0.4 is 4.90 Å². The molecule has 0 radical (unpaired) electrons. The molecule has 0 atom stereocenters. The highest BCUT2D eigenvalue weighted by molar-refractivity contribution is 5.82. The summed E-state index contributed by atoms with van der Waals surface area (Å²) >= 11 is 0. The number of benzene rings is 2. The molecular weight excluding hydrogens is 510 g/mol. The Kier molecular flexibility index (Phi) is 8.05. The third kappa shape index (κ3) is 7.31. The van der Waals surface area contributed by atoms with Crippen LogP contribution in [0.3, 0.4) is 0 Å². The van der Waals surface area contributed by atoms with E-state index in [2.05, 4.69) is 38.9 Å². The first-order chi connectivity index (χ1) is 17.9. The molecule has 1 fully saturated rings. The normalized spacial score (nSPS) is 15.1. The first kappa shape index (κ1) is 27.6. The van der Waals surface area contributed by atoms with Gasteiger partial charge in [-0.1, -0.05) is 12.1 Å². The third-order valence-corrected chi connectivity index (χ3v) is 6.37. The van der Waals surface area contributed by atoms with Gasteiger partial charge in [-0.15, -0.1) is 0 Å². The second kappa shape index (κ2) is 11.1. The van der Waals surface area contributed by atoms with Crippen LogP contribution in [0.4, 0.5) is 32.0 Å². The standard InChI is InChI=1S/C27H26F6N4O/c1-36-5-7-37(8-6-36)24-4-2-3-18(12-24)11-22-15-23(35-17-34-22)16-25(38)13-19-9-20(26(28,29)30)14-21(10-19)27(31,32)33/h2-4,9-10,12,14-15,17H,5-8,11,13,16H2,1H3. The SMILES string of the molecule is CN1CCN(c2cccc(Cc3cc(CC(=O)Cc4cc(C(F)(F)F)cc(C(F)(F)F)c4)ncn3)c2)CC1. The van der Waals surface area contributed by atoms with E-state index in [1.54, 1.807) is 6.07 Å². The fourth-order valence-electron chi connectivity index (χ4n) is 4.39. The highest BCUT2D eigenvalue weighted by Gasteiger charge is 2.37. The molecule has 11 heteroatoms. The Morgan fingerprint density at radius 3 is 2.05 bits per heavy atom. The molecule has 202 valence electrons. The molecule has 0 saturated carbocycles. The zero-order valence-corrected chi connectivity index (χ0v) is 20.6. The zero-order chi connectivity index (χ0) is 27.5. The summed E-state index contributed by atoms with van der Waals surface area (Å²) in [5, 5.41) is 0. The van der Waals surface area contributed by atoms with Crippen molar-refractivity contribution in [2.45, 2.75) is 31.6 Å². The number of aromatic nitrogens is 2. The van der Waals surface area contributed by atoms with E-state index in [0.29, 0.717) is 29.9 Å². The number of rotatable bonds is 7. The zero-order valence-electron chi connectivity index (χ0n) is 20.6. The van der Waals surface area contributed by atoms with Gasteiger partial charge in [-0.3, -0.25) is 4.79 Å². The lowest BCUT2D eigenvalue weighted by Gasteiger charge is -2.34. The number of anilines is 1. The molecular formula is C27H26F6N4O. The van der Waals surface area contributed by atoms with Crippen molar-refractivity contribution in [3.8, 4) is 0 Å². The van der Waals surface area contributed by atoms with Gasteiger partial charge in [0.1, 0.15) is 12.1 Å². The fourth-order valence-corrected chi connectivity index (χ4v) is 4.39. The molecule has 1 aliphatic rings. The second-order valence-electron chi connectivity index (χ2n) is 9.44. The van der Waals surface area contributed by atoms with Crippen LogP contribution in [0.25, 0.3) is 0 Å². The maximum Gasteiger partial charge on any atom is 0.416 e. The van der Waals surface area contributed by atoms with Gasteiger partial charge >= 0.3 is 12.4 Å². The summed E-state index contributed by atoms with van der Waals surface area (Å²) in [4.78, 5) is 25.5. The van der Waals surface area contributed by atoms with Gasteiger partial charge in [-0.25, -0.2) is 9.97 Å². The van der Waals surface area contributed by atoms with E-state index in [-0.39, 0.29) is 18.1 Å². The van der Waals surface area contributed by atoms with E-state index in [4.69, 9.17) is 0 Å². The minimum Gasteiger partial charge on any atom is -0.369 e. The number of Topliss-reactive ketones (excluding diaryl/α,β-unsaturated/α-hetero) is 1. The number of ketones is 1. The van der Waals surface area contributed by atoms with Gasteiger partial charge in [0.05, 0.1) is 16.8 Å². The van der Waals surface area contributed by atoms with Gasteiger partial charge in [0.2, 0.25) is 0 Å². The first-order valence-corrected chi connectivity index (χ1v) is 12.0. The summed E-state index contributed by atoms with van der Waals surface area (Å²) in [6, 6.07) is 10.9. The topological polar surface area (TPSA) is 49.3 Å². The summed E-state index contributed by atoms with van der Waals surface area (Å²) in [6.07, 6.45) is -8.99. The van der Waals surface area contributed by atoms with Crippen LogP contribution in [0.15, 0.2) is 54.9 Å². The van der Waals surface area contributed by atoms with Gasteiger partial charge in [0.25, 0.3) is 0 Å². The molecule has 1 aliphatic heterocycles. The van der Waals surface area contributed by atoms with Gasteiger partial charge in [0.15, 0.2) is 0 Å². The average Bonchev–Trinajstić information content (AvgIpc) is 2.83. The van der Waals surface area contributed by atoms with Crippen LogP contribution in [0.1, 0.15) is 33.6 Å². The van der Waals surface area contributed by atoms with Crippen molar-refractivity contribution in [3.05, 3.63) is 88.5 Å². The quantitative estimate of drug-likeness (QED) is 0.388. The van der Waals surface area contributed by atoms with E-state index in [0.717, 1.165) is 37.4 Å². The Bertz CT molecular complexity index is 1250. The molecule has 1 saturated heterocycles. The largest absolute Gasteiger partial charge is 0.416 e. The van der Waals surface area contributed by atoms with Crippen molar-refractivity contribution in [2.24, 2.45) is 0 Å². The van der Waals surface area contributed by atoms with E-state index in [9.17, 15) is 31.1 Å². The van der Waals surface area contributed by atoms with Crippen molar-refractivity contribution in [3.63, 3.8) is 0 Å². The lowest BCUT2D eigenvalue weighted by Crippen LogP contribution is -2.44. The molecule has 2 aromatic carbocycles. The average molecular weight is 537 g/mol. The molecule has 5 nitrogen and oxygen atoms in total. The van der Waals surface area contributed by atoms with E-state index < -0.39 is 35.7 Å². The second-order valence-corrected chi connectivity index (χ2v) is 9.44. The summed E-state index contributed by atoms with van der Waals surface area (Å²) in [5.74, 6) is -0.556. The fraction of sp³-hybridized carbons (Fsp3) is 0.370. The third-order valence-electron chi connectivity index (χ3n) is 6.37. The number of hydrogen-bond donors (Lipinski definition) is 0. The Balaban J connectivity index is 1.44. The van der Waals surface area contributed by atoms with Gasteiger partial charge < -0.3 is 9.80 Å². The predicted octanol–water partition coefficient (Wildman–Crippen LogP) is 5.21. The monoisotopic (exact) mass is 536 g/mol.